The Kier molecular flexibility index (Phi) is 6.20. The molecule has 144 valence electrons. The number of rotatable bonds is 7. The first-order valence-electron chi connectivity index (χ1n) is 10.1. The number of nitrogens with zero attached hydrogens (tertiary/aromatic N) is 3. The first-order valence-corrected chi connectivity index (χ1v) is 10.1. The summed E-state index contributed by atoms with van der Waals surface area (Å²) in [6.07, 6.45) is 6.10. The lowest BCUT2D eigenvalue weighted by Crippen LogP contribution is -2.46. The van der Waals surface area contributed by atoms with Gasteiger partial charge in [-0.3, -0.25) is 4.90 Å². The van der Waals surface area contributed by atoms with Crippen LogP contribution in [-0.4, -0.2) is 42.8 Å². The van der Waals surface area contributed by atoms with Gasteiger partial charge >= 0.3 is 0 Å². The van der Waals surface area contributed by atoms with Crippen molar-refractivity contribution in [2.24, 2.45) is 0 Å². The Morgan fingerprint density at radius 2 is 1.57 bits per heavy atom. The highest BCUT2D eigenvalue weighted by Gasteiger charge is 2.16. The Bertz CT molecular complexity index is 865. The quantitative estimate of drug-likeness (QED) is 0.606. The minimum atomic E-state index is 0.885. The molecule has 1 fully saturated rings. The third-order valence-corrected chi connectivity index (χ3v) is 5.21. The first kappa shape index (κ1) is 18.5. The predicted octanol–water partition coefficient (Wildman–Crippen LogP) is 4.60. The van der Waals surface area contributed by atoms with Crippen LogP contribution < -0.4 is 4.90 Å². The molecule has 0 N–H and O–H groups in total. The van der Waals surface area contributed by atoms with Crippen molar-refractivity contribution in [3.05, 3.63) is 83.7 Å². The molecule has 0 unspecified atom stereocenters. The zero-order valence-corrected chi connectivity index (χ0v) is 16.2. The van der Waals surface area contributed by atoms with Crippen LogP contribution in [0.1, 0.15) is 23.4 Å². The number of hydrogen-bond acceptors (Lipinski definition) is 4. The summed E-state index contributed by atoms with van der Waals surface area (Å²) in [5.41, 5.74) is 3.39. The fourth-order valence-corrected chi connectivity index (χ4v) is 3.62. The number of hydrogen-bond donors (Lipinski definition) is 0. The fourth-order valence-electron chi connectivity index (χ4n) is 3.62. The van der Waals surface area contributed by atoms with Crippen molar-refractivity contribution in [1.29, 1.82) is 0 Å². The van der Waals surface area contributed by atoms with E-state index < -0.39 is 0 Å². The molecule has 0 spiro atoms. The Balaban J connectivity index is 1.19. The van der Waals surface area contributed by atoms with Crippen LogP contribution in [0.3, 0.4) is 0 Å². The molecule has 1 aromatic heterocycles. The Morgan fingerprint density at radius 1 is 0.857 bits per heavy atom. The van der Waals surface area contributed by atoms with Crippen LogP contribution in [0.2, 0.25) is 0 Å². The molecule has 1 saturated heterocycles. The van der Waals surface area contributed by atoms with Gasteiger partial charge < -0.3 is 9.42 Å². The summed E-state index contributed by atoms with van der Waals surface area (Å²) in [6, 6.07) is 23.0. The zero-order chi connectivity index (χ0) is 19.0. The zero-order valence-electron chi connectivity index (χ0n) is 16.2. The molecule has 0 saturated carbocycles. The summed E-state index contributed by atoms with van der Waals surface area (Å²) < 4.78 is 5.49. The van der Waals surface area contributed by atoms with Crippen molar-refractivity contribution in [1.82, 2.24) is 10.1 Å². The normalized spacial score (nSPS) is 15.4. The van der Waals surface area contributed by atoms with E-state index in [1.54, 1.807) is 0 Å². The highest BCUT2D eigenvalue weighted by atomic mass is 16.5. The van der Waals surface area contributed by atoms with E-state index in [-0.39, 0.29) is 0 Å². The molecule has 4 heteroatoms. The molecule has 28 heavy (non-hydrogen) atoms. The minimum Gasteiger partial charge on any atom is -0.369 e. The summed E-state index contributed by atoms with van der Waals surface area (Å²) in [5, 5.41) is 4.16. The van der Waals surface area contributed by atoms with E-state index >= 15 is 0 Å². The van der Waals surface area contributed by atoms with E-state index in [1.165, 1.54) is 11.3 Å². The lowest BCUT2D eigenvalue weighted by molar-refractivity contribution is 0.251. The van der Waals surface area contributed by atoms with Gasteiger partial charge in [-0.1, -0.05) is 59.8 Å². The van der Waals surface area contributed by atoms with Gasteiger partial charge in [-0.2, -0.15) is 0 Å². The molecule has 2 heterocycles. The van der Waals surface area contributed by atoms with Crippen molar-refractivity contribution in [3.8, 4) is 0 Å². The third-order valence-electron chi connectivity index (χ3n) is 5.21. The molecule has 1 aliphatic rings. The third kappa shape index (κ3) is 5.11. The van der Waals surface area contributed by atoms with Crippen LogP contribution in [0, 0.1) is 0 Å². The van der Waals surface area contributed by atoms with Gasteiger partial charge in [-0.15, -0.1) is 0 Å². The van der Waals surface area contributed by atoms with Gasteiger partial charge in [0, 0.05) is 44.4 Å². The molecule has 4 nitrogen and oxygen atoms in total. The molecule has 0 amide bonds. The van der Waals surface area contributed by atoms with Crippen LogP contribution in [-0.2, 0) is 6.42 Å². The molecular weight excluding hydrogens is 346 g/mol. The summed E-state index contributed by atoms with van der Waals surface area (Å²) in [6.45, 7) is 5.55. The van der Waals surface area contributed by atoms with Gasteiger partial charge in [0.2, 0.25) is 0 Å². The molecule has 0 bridgehead atoms. The fraction of sp³-hybridized carbons (Fsp3) is 0.292. The van der Waals surface area contributed by atoms with Gasteiger partial charge in [0.1, 0.15) is 11.5 Å². The Morgan fingerprint density at radius 3 is 2.32 bits per heavy atom. The predicted molar refractivity (Wildman–Crippen MR) is 115 cm³/mol. The van der Waals surface area contributed by atoms with Crippen LogP contribution >= 0.6 is 0 Å². The summed E-state index contributed by atoms with van der Waals surface area (Å²) >= 11 is 0. The summed E-state index contributed by atoms with van der Waals surface area (Å²) in [5.74, 6) is 0.968. The number of aromatic nitrogens is 1. The van der Waals surface area contributed by atoms with Gasteiger partial charge in [0.15, 0.2) is 0 Å². The molecule has 1 aliphatic heterocycles. The van der Waals surface area contributed by atoms with Crippen LogP contribution in [0.15, 0.2) is 71.3 Å². The van der Waals surface area contributed by atoms with Crippen molar-refractivity contribution < 1.29 is 4.52 Å². The monoisotopic (exact) mass is 373 g/mol. The smallest absolute Gasteiger partial charge is 0.137 e. The van der Waals surface area contributed by atoms with E-state index in [0.29, 0.717) is 0 Å². The second kappa shape index (κ2) is 9.38. The van der Waals surface area contributed by atoms with Gasteiger partial charge in [0.25, 0.3) is 0 Å². The van der Waals surface area contributed by atoms with Gasteiger partial charge in [0.05, 0.1) is 0 Å². The number of piperazine rings is 1. The molecule has 0 aliphatic carbocycles. The average Bonchev–Trinajstić information content (AvgIpc) is 3.22. The highest BCUT2D eigenvalue weighted by Crippen LogP contribution is 2.16. The van der Waals surface area contributed by atoms with E-state index in [2.05, 4.69) is 63.5 Å². The van der Waals surface area contributed by atoms with Gasteiger partial charge in [-0.25, -0.2) is 0 Å². The maximum atomic E-state index is 5.49. The van der Waals surface area contributed by atoms with E-state index in [0.717, 1.165) is 57.0 Å². The summed E-state index contributed by atoms with van der Waals surface area (Å²) in [7, 11) is 0. The van der Waals surface area contributed by atoms with Crippen molar-refractivity contribution in [3.63, 3.8) is 0 Å². The van der Waals surface area contributed by atoms with Crippen molar-refractivity contribution >= 4 is 17.8 Å². The molecule has 4 rings (SSSR count). The van der Waals surface area contributed by atoms with E-state index in [1.807, 2.05) is 30.3 Å². The molecule has 0 atom stereocenters. The van der Waals surface area contributed by atoms with Crippen molar-refractivity contribution in [2.45, 2.75) is 12.8 Å². The topological polar surface area (TPSA) is 32.5 Å². The Labute approximate surface area is 167 Å². The molecule has 2 aromatic carbocycles. The summed E-state index contributed by atoms with van der Waals surface area (Å²) in [4.78, 5) is 5.02. The second-order valence-electron chi connectivity index (χ2n) is 7.23. The standard InChI is InChI=1S/C24H27N3O/c1-3-8-21(9-4-1)13-14-22-20-24(28-25-22)12-7-15-26-16-18-27(19-17-26)23-10-5-2-6-11-23/h1-6,8-11,13-14,20H,7,12,15-19H2. The van der Waals surface area contributed by atoms with E-state index in [9.17, 15) is 0 Å². The number of anilines is 1. The van der Waals surface area contributed by atoms with Crippen LogP contribution in [0.4, 0.5) is 5.69 Å². The number of benzene rings is 2. The first-order chi connectivity index (χ1) is 13.9. The van der Waals surface area contributed by atoms with E-state index in [4.69, 9.17) is 4.52 Å². The Hall–Kier alpha value is -2.85. The second-order valence-corrected chi connectivity index (χ2v) is 7.23. The SMILES string of the molecule is C(=Cc1cc(CCCN2CCN(c3ccccc3)CC2)on1)c1ccccc1. The molecule has 0 radical (unpaired) electrons. The van der Waals surface area contributed by atoms with Gasteiger partial charge in [-0.05, 0) is 36.7 Å². The maximum Gasteiger partial charge on any atom is 0.137 e. The number of para-hydroxylation sites is 1. The average molecular weight is 374 g/mol. The molecular formula is C24H27N3O. The lowest BCUT2D eigenvalue weighted by Gasteiger charge is -2.36. The minimum absolute atomic E-state index is 0.885. The largest absolute Gasteiger partial charge is 0.369 e. The molecule has 3 aromatic rings. The lowest BCUT2D eigenvalue weighted by atomic mass is 10.2. The highest BCUT2D eigenvalue weighted by molar-refractivity contribution is 5.67. The number of aryl methyl sites for hydroxylation is 1. The van der Waals surface area contributed by atoms with Crippen LogP contribution in [0.5, 0.6) is 0 Å². The maximum absolute atomic E-state index is 5.49. The van der Waals surface area contributed by atoms with Crippen molar-refractivity contribution in [2.75, 3.05) is 37.6 Å². The van der Waals surface area contributed by atoms with Crippen LogP contribution in [0.25, 0.3) is 12.2 Å².